The highest BCUT2D eigenvalue weighted by molar-refractivity contribution is 7.99. The van der Waals surface area contributed by atoms with Gasteiger partial charge in [0, 0.05) is 23.7 Å². The Bertz CT molecular complexity index is 749. The Morgan fingerprint density at radius 2 is 2.33 bits per heavy atom. The number of thioether (sulfide) groups is 1. The van der Waals surface area contributed by atoms with Crippen LogP contribution in [0.5, 0.6) is 0 Å². The molecule has 2 aromatic rings. The summed E-state index contributed by atoms with van der Waals surface area (Å²) in [4.78, 5) is 20.6. The Morgan fingerprint density at radius 3 is 3.10 bits per heavy atom. The van der Waals surface area contributed by atoms with Gasteiger partial charge in [-0.15, -0.1) is 0 Å². The summed E-state index contributed by atoms with van der Waals surface area (Å²) in [7, 11) is 0. The number of nitriles is 1. The number of rotatable bonds is 4. The molecule has 2 heterocycles. The Kier molecular flexibility index (Phi) is 4.02. The quantitative estimate of drug-likeness (QED) is 0.635. The predicted molar refractivity (Wildman–Crippen MR) is 80.2 cm³/mol. The summed E-state index contributed by atoms with van der Waals surface area (Å²) in [5.41, 5.74) is 2.96. The van der Waals surface area contributed by atoms with Gasteiger partial charge in [-0.2, -0.15) is 10.2 Å². The van der Waals surface area contributed by atoms with Gasteiger partial charge in [-0.05, 0) is 30.9 Å². The van der Waals surface area contributed by atoms with E-state index in [1.807, 2.05) is 12.1 Å². The molecule has 0 unspecified atom stereocenters. The first-order chi connectivity index (χ1) is 10.3. The molecular formula is C15H14N4OS. The van der Waals surface area contributed by atoms with Crippen LogP contribution in [0.4, 0.5) is 0 Å². The lowest BCUT2D eigenvalue weighted by Gasteiger charge is -2.13. The molecular weight excluding hydrogens is 284 g/mol. The molecule has 0 fully saturated rings. The van der Waals surface area contributed by atoms with E-state index in [1.165, 1.54) is 11.8 Å². The van der Waals surface area contributed by atoms with Crippen LogP contribution in [-0.2, 0) is 19.4 Å². The molecule has 6 heteroatoms. The van der Waals surface area contributed by atoms with E-state index in [-0.39, 0.29) is 5.69 Å². The zero-order chi connectivity index (χ0) is 14.7. The predicted octanol–water partition coefficient (Wildman–Crippen LogP) is 1.79. The largest absolute Gasteiger partial charge is 0.349 e. The van der Waals surface area contributed by atoms with Gasteiger partial charge in [0.2, 0.25) is 0 Å². The minimum absolute atomic E-state index is 0.236. The third-order valence-corrected chi connectivity index (χ3v) is 4.42. The van der Waals surface area contributed by atoms with Crippen molar-refractivity contribution in [3.05, 3.63) is 51.8 Å². The van der Waals surface area contributed by atoms with Crippen LogP contribution in [0.1, 0.15) is 23.2 Å². The molecule has 2 aromatic heterocycles. The molecule has 0 amide bonds. The van der Waals surface area contributed by atoms with Gasteiger partial charge in [-0.25, -0.2) is 4.79 Å². The zero-order valence-corrected chi connectivity index (χ0v) is 12.3. The van der Waals surface area contributed by atoms with Crippen molar-refractivity contribution in [1.82, 2.24) is 14.5 Å². The Morgan fingerprint density at radius 1 is 1.43 bits per heavy atom. The van der Waals surface area contributed by atoms with Crippen LogP contribution < -0.4 is 5.69 Å². The van der Waals surface area contributed by atoms with E-state index in [0.717, 1.165) is 41.1 Å². The van der Waals surface area contributed by atoms with E-state index in [4.69, 9.17) is 5.26 Å². The second kappa shape index (κ2) is 6.10. The third kappa shape index (κ3) is 2.83. The molecule has 0 saturated carbocycles. The molecule has 0 bridgehead atoms. The van der Waals surface area contributed by atoms with Gasteiger partial charge in [0.25, 0.3) is 0 Å². The van der Waals surface area contributed by atoms with Crippen molar-refractivity contribution < 1.29 is 0 Å². The number of aromatic nitrogens is 3. The van der Waals surface area contributed by atoms with Gasteiger partial charge in [-0.1, -0.05) is 17.8 Å². The summed E-state index contributed by atoms with van der Waals surface area (Å²) >= 11 is 1.36. The molecule has 0 spiro atoms. The zero-order valence-electron chi connectivity index (χ0n) is 11.5. The fourth-order valence-electron chi connectivity index (χ4n) is 2.64. The topological polar surface area (TPSA) is 71.6 Å². The molecule has 1 aliphatic rings. The van der Waals surface area contributed by atoms with E-state index in [1.54, 1.807) is 17.0 Å². The smallest absolute Gasteiger partial charge is 0.291 e. The normalized spacial score (nSPS) is 12.9. The first-order valence-electron chi connectivity index (χ1n) is 6.81. The molecule has 0 atom stereocenters. The van der Waals surface area contributed by atoms with Crippen LogP contribution in [0.3, 0.4) is 0 Å². The number of fused-ring (bicyclic) bond motifs is 1. The molecule has 5 nitrogen and oxygen atoms in total. The lowest BCUT2D eigenvalue weighted by atomic mass is 10.2. The minimum Gasteiger partial charge on any atom is -0.291 e. The molecule has 0 radical (unpaired) electrons. The molecule has 21 heavy (non-hydrogen) atoms. The number of pyridine rings is 1. The Labute approximate surface area is 126 Å². The average Bonchev–Trinajstić information content (AvgIpc) is 2.99. The second-order valence-corrected chi connectivity index (χ2v) is 5.84. The summed E-state index contributed by atoms with van der Waals surface area (Å²) in [6, 6.07) is 5.91. The number of hydrogen-bond donors (Lipinski definition) is 0. The lowest BCUT2D eigenvalue weighted by molar-refractivity contribution is 0.665. The maximum atomic E-state index is 12.3. The Hall–Kier alpha value is -2.13. The van der Waals surface area contributed by atoms with Crippen molar-refractivity contribution in [1.29, 1.82) is 5.26 Å². The highest BCUT2D eigenvalue weighted by Crippen LogP contribution is 2.29. The van der Waals surface area contributed by atoms with Gasteiger partial charge in [0.05, 0.1) is 18.4 Å². The summed E-state index contributed by atoms with van der Waals surface area (Å²) in [6.07, 6.45) is 6.35. The maximum absolute atomic E-state index is 12.3. The number of hydrogen-bond acceptors (Lipinski definition) is 5. The molecule has 0 N–H and O–H groups in total. The van der Waals surface area contributed by atoms with Crippen molar-refractivity contribution in [3.8, 4) is 6.07 Å². The summed E-state index contributed by atoms with van der Waals surface area (Å²) in [5.74, 6) is 0.325. The first kappa shape index (κ1) is 13.8. The summed E-state index contributed by atoms with van der Waals surface area (Å²) < 4.78 is 1.75. The molecule has 3 rings (SSSR count). The van der Waals surface area contributed by atoms with Gasteiger partial charge in [-0.3, -0.25) is 9.55 Å². The van der Waals surface area contributed by atoms with Gasteiger partial charge in [0.15, 0.2) is 0 Å². The highest BCUT2D eigenvalue weighted by atomic mass is 32.2. The molecule has 0 aliphatic heterocycles. The van der Waals surface area contributed by atoms with Crippen LogP contribution in [-0.4, -0.2) is 20.3 Å². The van der Waals surface area contributed by atoms with E-state index in [2.05, 4.69) is 16.0 Å². The van der Waals surface area contributed by atoms with Crippen LogP contribution in [0, 0.1) is 11.3 Å². The fraction of sp³-hybridized carbons (Fsp3) is 0.333. The fourth-order valence-corrected chi connectivity index (χ4v) is 3.38. The van der Waals surface area contributed by atoms with Crippen LogP contribution in [0.2, 0.25) is 0 Å². The average molecular weight is 298 g/mol. The standard InChI is InChI=1S/C15H14N4OS/c16-6-8-21-14-12-4-1-5-13(12)19(15(20)18-14)10-11-3-2-7-17-9-11/h2-3,7,9H,1,4-5,8,10H2. The molecule has 1 aliphatic carbocycles. The molecule has 0 aromatic carbocycles. The molecule has 106 valence electrons. The second-order valence-electron chi connectivity index (χ2n) is 4.87. The molecule has 0 saturated heterocycles. The maximum Gasteiger partial charge on any atom is 0.349 e. The monoisotopic (exact) mass is 298 g/mol. The van der Waals surface area contributed by atoms with E-state index < -0.39 is 0 Å². The highest BCUT2D eigenvalue weighted by Gasteiger charge is 2.21. The van der Waals surface area contributed by atoms with Gasteiger partial charge >= 0.3 is 5.69 Å². The Balaban J connectivity index is 2.01. The minimum atomic E-state index is -0.236. The summed E-state index contributed by atoms with van der Waals surface area (Å²) in [5, 5.41) is 9.44. The van der Waals surface area contributed by atoms with Gasteiger partial charge in [0.1, 0.15) is 5.03 Å². The van der Waals surface area contributed by atoms with Crippen molar-refractivity contribution in [2.24, 2.45) is 0 Å². The van der Waals surface area contributed by atoms with Crippen molar-refractivity contribution in [3.63, 3.8) is 0 Å². The van der Waals surface area contributed by atoms with E-state index in [0.29, 0.717) is 12.3 Å². The van der Waals surface area contributed by atoms with Crippen LogP contribution in [0.25, 0.3) is 0 Å². The van der Waals surface area contributed by atoms with Crippen molar-refractivity contribution in [2.75, 3.05) is 5.75 Å². The van der Waals surface area contributed by atoms with Crippen molar-refractivity contribution in [2.45, 2.75) is 30.8 Å². The SMILES string of the molecule is N#CCSc1nc(=O)n(Cc2cccnc2)c2c1CCC2. The third-order valence-electron chi connectivity index (χ3n) is 3.54. The summed E-state index contributed by atoms with van der Waals surface area (Å²) in [6.45, 7) is 0.505. The van der Waals surface area contributed by atoms with E-state index in [9.17, 15) is 4.79 Å². The lowest BCUT2D eigenvalue weighted by Crippen LogP contribution is -2.27. The van der Waals surface area contributed by atoms with Crippen LogP contribution in [0.15, 0.2) is 34.3 Å². The van der Waals surface area contributed by atoms with E-state index >= 15 is 0 Å². The number of nitrogens with zero attached hydrogens (tertiary/aromatic N) is 4. The van der Waals surface area contributed by atoms with Crippen LogP contribution >= 0.6 is 11.8 Å². The first-order valence-corrected chi connectivity index (χ1v) is 7.79. The van der Waals surface area contributed by atoms with Crippen molar-refractivity contribution >= 4 is 11.8 Å². The van der Waals surface area contributed by atoms with Gasteiger partial charge < -0.3 is 0 Å².